The summed E-state index contributed by atoms with van der Waals surface area (Å²) in [4.78, 5) is 10.7. The van der Waals surface area contributed by atoms with Crippen LogP contribution < -0.4 is 0 Å². The molecule has 0 aromatic heterocycles. The van der Waals surface area contributed by atoms with E-state index in [2.05, 4.69) is 0 Å². The first-order chi connectivity index (χ1) is 7.43. The van der Waals surface area contributed by atoms with Crippen molar-refractivity contribution in [3.8, 4) is 0 Å². The Morgan fingerprint density at radius 1 is 1.62 bits per heavy atom. The highest BCUT2D eigenvalue weighted by Gasteiger charge is 2.44. The molecule has 1 aliphatic carbocycles. The van der Waals surface area contributed by atoms with Crippen molar-refractivity contribution in [2.45, 2.75) is 25.4 Å². The molecule has 1 aliphatic rings. The van der Waals surface area contributed by atoms with Gasteiger partial charge in [-0.2, -0.15) is 0 Å². The number of aliphatic hydroxyl groups is 1. The largest absolute Gasteiger partial charge is 0.481 e. The molecule has 2 rings (SSSR count). The molecule has 0 aliphatic heterocycles. The number of carbonyl (C=O) groups is 1. The molecule has 0 saturated carbocycles. The Bertz CT molecular complexity index is 444. The summed E-state index contributed by atoms with van der Waals surface area (Å²) in [6.07, 6.45) is 0.170. The number of fused-ring (bicyclic) bond motifs is 1. The number of hydrogen-bond donors (Lipinski definition) is 2. The first kappa shape index (κ1) is 11.1. The fourth-order valence-electron chi connectivity index (χ4n) is 2.42. The SMILES string of the molecule is CC1Cc2cc(F)ccc2C1(O)CC(=O)O. The zero-order valence-electron chi connectivity index (χ0n) is 8.90. The molecule has 4 heteroatoms. The molecule has 3 nitrogen and oxygen atoms in total. The standard InChI is InChI=1S/C12H13FO3/c1-7-4-8-5-9(13)2-3-10(8)12(7,16)6-11(14)15/h2-3,5,7,16H,4,6H2,1H3,(H,14,15). The zero-order chi connectivity index (χ0) is 11.9. The minimum absolute atomic E-state index is 0.208. The van der Waals surface area contributed by atoms with Gasteiger partial charge in [0.05, 0.1) is 6.42 Å². The lowest BCUT2D eigenvalue weighted by molar-refractivity contribution is -0.144. The van der Waals surface area contributed by atoms with Crippen molar-refractivity contribution >= 4 is 5.97 Å². The van der Waals surface area contributed by atoms with Crippen molar-refractivity contribution in [2.24, 2.45) is 5.92 Å². The van der Waals surface area contributed by atoms with Gasteiger partial charge in [-0.05, 0) is 35.6 Å². The number of halogens is 1. The minimum atomic E-state index is -1.37. The second-order valence-corrected chi connectivity index (χ2v) is 4.40. The minimum Gasteiger partial charge on any atom is -0.481 e. The summed E-state index contributed by atoms with van der Waals surface area (Å²) in [6.45, 7) is 1.78. The summed E-state index contributed by atoms with van der Waals surface area (Å²) in [6, 6.07) is 4.10. The summed E-state index contributed by atoms with van der Waals surface area (Å²) in [5.41, 5.74) is -0.116. The molecule has 2 unspecified atom stereocenters. The second kappa shape index (κ2) is 3.56. The quantitative estimate of drug-likeness (QED) is 0.803. The molecular weight excluding hydrogens is 211 g/mol. The number of hydrogen-bond acceptors (Lipinski definition) is 2. The molecule has 0 saturated heterocycles. The fourth-order valence-corrected chi connectivity index (χ4v) is 2.42. The van der Waals surface area contributed by atoms with Gasteiger partial charge in [0.15, 0.2) is 0 Å². The molecule has 1 aromatic rings. The maximum Gasteiger partial charge on any atom is 0.306 e. The van der Waals surface area contributed by atoms with E-state index in [1.165, 1.54) is 18.2 Å². The average molecular weight is 224 g/mol. The average Bonchev–Trinajstić information content (AvgIpc) is 2.37. The number of carboxylic acids is 1. The predicted octanol–water partition coefficient (Wildman–Crippen LogP) is 1.68. The van der Waals surface area contributed by atoms with E-state index in [0.29, 0.717) is 17.5 Å². The summed E-state index contributed by atoms with van der Waals surface area (Å²) in [5.74, 6) is -1.61. The molecule has 0 bridgehead atoms. The second-order valence-electron chi connectivity index (χ2n) is 4.40. The molecule has 2 N–H and O–H groups in total. The van der Waals surface area contributed by atoms with E-state index < -0.39 is 11.6 Å². The van der Waals surface area contributed by atoms with Crippen molar-refractivity contribution in [2.75, 3.05) is 0 Å². The van der Waals surface area contributed by atoms with Gasteiger partial charge in [-0.1, -0.05) is 13.0 Å². The van der Waals surface area contributed by atoms with Crippen LogP contribution in [0, 0.1) is 11.7 Å². The van der Waals surface area contributed by atoms with Gasteiger partial charge < -0.3 is 10.2 Å². The Balaban J connectivity index is 2.46. The van der Waals surface area contributed by atoms with E-state index in [4.69, 9.17) is 5.11 Å². The van der Waals surface area contributed by atoms with Crippen LogP contribution in [0.5, 0.6) is 0 Å². The Hall–Kier alpha value is -1.42. The maximum absolute atomic E-state index is 13.0. The van der Waals surface area contributed by atoms with Crippen LogP contribution in [-0.4, -0.2) is 16.2 Å². The van der Waals surface area contributed by atoms with E-state index in [-0.39, 0.29) is 18.2 Å². The van der Waals surface area contributed by atoms with Gasteiger partial charge in [0.2, 0.25) is 0 Å². The van der Waals surface area contributed by atoms with Gasteiger partial charge in [0.25, 0.3) is 0 Å². The lowest BCUT2D eigenvalue weighted by Crippen LogP contribution is -2.32. The third-order valence-corrected chi connectivity index (χ3v) is 3.30. The number of carboxylic acid groups (broad SMARTS) is 1. The summed E-state index contributed by atoms with van der Waals surface area (Å²) < 4.78 is 13.0. The summed E-state index contributed by atoms with van der Waals surface area (Å²) in [7, 11) is 0. The Kier molecular flexibility index (Phi) is 2.46. The first-order valence-electron chi connectivity index (χ1n) is 5.16. The Morgan fingerprint density at radius 2 is 2.31 bits per heavy atom. The van der Waals surface area contributed by atoms with Crippen LogP contribution >= 0.6 is 0 Å². The highest BCUT2D eigenvalue weighted by molar-refractivity contribution is 5.69. The van der Waals surface area contributed by atoms with Crippen LogP contribution in [-0.2, 0) is 16.8 Å². The van der Waals surface area contributed by atoms with Crippen LogP contribution in [0.4, 0.5) is 4.39 Å². The predicted molar refractivity (Wildman–Crippen MR) is 55.4 cm³/mol. The Morgan fingerprint density at radius 3 is 2.94 bits per heavy atom. The third kappa shape index (κ3) is 1.59. The molecule has 2 atom stereocenters. The highest BCUT2D eigenvalue weighted by atomic mass is 19.1. The summed E-state index contributed by atoms with van der Waals surface area (Å²) in [5, 5.41) is 19.2. The van der Waals surface area contributed by atoms with E-state index >= 15 is 0 Å². The van der Waals surface area contributed by atoms with Gasteiger partial charge in [-0.3, -0.25) is 4.79 Å². The topological polar surface area (TPSA) is 57.5 Å². The lowest BCUT2D eigenvalue weighted by atomic mass is 9.85. The van der Waals surface area contributed by atoms with Crippen LogP contribution in [0.2, 0.25) is 0 Å². The van der Waals surface area contributed by atoms with Crippen molar-refractivity contribution in [1.82, 2.24) is 0 Å². The van der Waals surface area contributed by atoms with E-state index in [9.17, 15) is 14.3 Å². The highest BCUT2D eigenvalue weighted by Crippen LogP contribution is 2.43. The zero-order valence-corrected chi connectivity index (χ0v) is 8.90. The van der Waals surface area contributed by atoms with Crippen LogP contribution in [0.15, 0.2) is 18.2 Å². The smallest absolute Gasteiger partial charge is 0.306 e. The molecule has 0 heterocycles. The van der Waals surface area contributed by atoms with Gasteiger partial charge >= 0.3 is 5.97 Å². The normalized spacial score (nSPS) is 27.8. The molecule has 1 aromatic carbocycles. The molecular formula is C12H13FO3. The van der Waals surface area contributed by atoms with E-state index in [1.54, 1.807) is 6.92 Å². The molecule has 0 radical (unpaired) electrons. The first-order valence-corrected chi connectivity index (χ1v) is 5.16. The van der Waals surface area contributed by atoms with Crippen molar-refractivity contribution < 1.29 is 19.4 Å². The van der Waals surface area contributed by atoms with Gasteiger partial charge in [0, 0.05) is 0 Å². The van der Waals surface area contributed by atoms with E-state index in [1.807, 2.05) is 0 Å². The molecule has 0 amide bonds. The number of aliphatic carboxylic acids is 1. The summed E-state index contributed by atoms with van der Waals surface area (Å²) >= 11 is 0. The maximum atomic E-state index is 13.0. The van der Waals surface area contributed by atoms with Crippen molar-refractivity contribution in [3.63, 3.8) is 0 Å². The fraction of sp³-hybridized carbons (Fsp3) is 0.417. The molecule has 86 valence electrons. The van der Waals surface area contributed by atoms with Crippen LogP contribution in [0.1, 0.15) is 24.5 Å². The van der Waals surface area contributed by atoms with Crippen molar-refractivity contribution in [1.29, 1.82) is 0 Å². The van der Waals surface area contributed by atoms with Gasteiger partial charge in [-0.15, -0.1) is 0 Å². The van der Waals surface area contributed by atoms with Crippen molar-refractivity contribution in [3.05, 3.63) is 35.1 Å². The van der Waals surface area contributed by atoms with E-state index in [0.717, 1.165) is 0 Å². The molecule has 0 spiro atoms. The molecule has 16 heavy (non-hydrogen) atoms. The van der Waals surface area contributed by atoms with Gasteiger partial charge in [0.1, 0.15) is 11.4 Å². The lowest BCUT2D eigenvalue weighted by Gasteiger charge is -2.27. The Labute approximate surface area is 92.5 Å². The third-order valence-electron chi connectivity index (χ3n) is 3.30. The number of benzene rings is 1. The number of rotatable bonds is 2. The van der Waals surface area contributed by atoms with Gasteiger partial charge in [-0.25, -0.2) is 4.39 Å². The van der Waals surface area contributed by atoms with Crippen LogP contribution in [0.25, 0.3) is 0 Å². The molecule has 0 fully saturated rings. The van der Waals surface area contributed by atoms with Crippen LogP contribution in [0.3, 0.4) is 0 Å². The monoisotopic (exact) mass is 224 g/mol.